The SMILES string of the molecule is CCCCCCCCCCCCCCC[PH](CCCCCCCCC)(CCCCCCCCC)CCCCCCCCC. The van der Waals surface area contributed by atoms with Gasteiger partial charge in [0.25, 0.3) is 0 Å². The van der Waals surface area contributed by atoms with Gasteiger partial charge in [0.2, 0.25) is 0 Å². The Morgan fingerprint density at radius 1 is 0.186 bits per heavy atom. The summed E-state index contributed by atoms with van der Waals surface area (Å²) in [7, 11) is -1.12. The number of rotatable bonds is 38. The van der Waals surface area contributed by atoms with Crippen molar-refractivity contribution in [1.82, 2.24) is 0 Å². The van der Waals surface area contributed by atoms with Gasteiger partial charge in [0, 0.05) is 0 Å². The van der Waals surface area contributed by atoms with Crippen LogP contribution in [0, 0.1) is 0 Å². The zero-order valence-corrected chi connectivity index (χ0v) is 32.4. The van der Waals surface area contributed by atoms with Crippen LogP contribution in [0.3, 0.4) is 0 Å². The zero-order valence-electron chi connectivity index (χ0n) is 31.4. The van der Waals surface area contributed by atoms with Gasteiger partial charge in [-0.2, -0.15) is 0 Å². The third-order valence-electron chi connectivity index (χ3n) is 10.7. The van der Waals surface area contributed by atoms with E-state index >= 15 is 0 Å². The summed E-state index contributed by atoms with van der Waals surface area (Å²) in [6.07, 6.45) is 57.4. The quantitative estimate of drug-likeness (QED) is 0.0473. The van der Waals surface area contributed by atoms with Crippen molar-refractivity contribution in [3.05, 3.63) is 0 Å². The predicted molar refractivity (Wildman–Crippen MR) is 207 cm³/mol. The molecule has 0 spiro atoms. The first kappa shape index (κ1) is 43.4. The van der Waals surface area contributed by atoms with Crippen LogP contribution < -0.4 is 0 Å². The van der Waals surface area contributed by atoms with Crippen LogP contribution in [-0.2, 0) is 0 Å². The molecule has 0 fully saturated rings. The van der Waals surface area contributed by atoms with Crippen LogP contribution in [0.1, 0.15) is 246 Å². The molecule has 0 aromatic carbocycles. The number of hydrogen-bond donors (Lipinski definition) is 0. The maximum atomic E-state index is 2.35. The summed E-state index contributed by atoms with van der Waals surface area (Å²) < 4.78 is 0. The van der Waals surface area contributed by atoms with E-state index in [1.165, 1.54) is 193 Å². The third kappa shape index (κ3) is 32.2. The molecule has 0 heterocycles. The summed E-state index contributed by atoms with van der Waals surface area (Å²) in [6, 6.07) is 0. The molecule has 1 heteroatoms. The van der Waals surface area contributed by atoms with E-state index in [4.69, 9.17) is 0 Å². The van der Waals surface area contributed by atoms with Crippen molar-refractivity contribution in [3.8, 4) is 0 Å². The molecule has 0 aliphatic heterocycles. The Kier molecular flexibility index (Phi) is 37.3. The van der Waals surface area contributed by atoms with Gasteiger partial charge < -0.3 is 0 Å². The Bertz CT molecular complexity index is 440. The van der Waals surface area contributed by atoms with E-state index in [2.05, 4.69) is 27.7 Å². The van der Waals surface area contributed by atoms with E-state index in [0.29, 0.717) is 0 Å². The fourth-order valence-electron chi connectivity index (χ4n) is 7.64. The normalized spacial score (nSPS) is 12.4. The van der Waals surface area contributed by atoms with Crippen molar-refractivity contribution in [2.24, 2.45) is 0 Å². The molecule has 0 saturated carbocycles. The first-order valence-electron chi connectivity index (χ1n) is 21.2. The summed E-state index contributed by atoms with van der Waals surface area (Å²) in [5.74, 6) is 0. The monoisotopic (exact) mass is 625 g/mol. The average Bonchev–Trinajstić information content (AvgIpc) is 3.02. The summed E-state index contributed by atoms with van der Waals surface area (Å²) >= 11 is 0. The second-order valence-electron chi connectivity index (χ2n) is 15.1. The first-order chi connectivity index (χ1) is 21.2. The Morgan fingerprint density at radius 2 is 0.326 bits per heavy atom. The van der Waals surface area contributed by atoms with E-state index in [9.17, 15) is 0 Å². The van der Waals surface area contributed by atoms with Gasteiger partial charge in [0.05, 0.1) is 0 Å². The Balaban J connectivity index is 4.68. The summed E-state index contributed by atoms with van der Waals surface area (Å²) in [4.78, 5) is 0. The van der Waals surface area contributed by atoms with Crippen LogP contribution >= 0.6 is 7.26 Å². The molecule has 0 aromatic rings. The van der Waals surface area contributed by atoms with Crippen molar-refractivity contribution in [2.45, 2.75) is 246 Å². The molecule has 0 unspecified atom stereocenters. The maximum absolute atomic E-state index is 2.35. The molecule has 0 rings (SSSR count). The van der Waals surface area contributed by atoms with Crippen molar-refractivity contribution in [2.75, 3.05) is 24.6 Å². The van der Waals surface area contributed by atoms with Crippen LogP contribution in [0.4, 0.5) is 0 Å². The van der Waals surface area contributed by atoms with Crippen molar-refractivity contribution in [3.63, 3.8) is 0 Å². The van der Waals surface area contributed by atoms with Crippen LogP contribution in [0.25, 0.3) is 0 Å². The van der Waals surface area contributed by atoms with Crippen LogP contribution in [0.15, 0.2) is 0 Å². The first-order valence-corrected chi connectivity index (χ1v) is 24.1. The van der Waals surface area contributed by atoms with Gasteiger partial charge in [-0.25, -0.2) is 0 Å². The molecule has 0 nitrogen and oxygen atoms in total. The van der Waals surface area contributed by atoms with Gasteiger partial charge in [-0.3, -0.25) is 0 Å². The van der Waals surface area contributed by atoms with E-state index in [1.807, 2.05) is 0 Å². The predicted octanol–water partition coefficient (Wildman–Crippen LogP) is 16.1. The summed E-state index contributed by atoms with van der Waals surface area (Å²) in [5.41, 5.74) is 0. The van der Waals surface area contributed by atoms with Gasteiger partial charge in [-0.1, -0.05) is 19.8 Å². The molecule has 0 radical (unpaired) electrons. The minimum absolute atomic E-state index is 1.12. The molecule has 0 aliphatic rings. The molecule has 262 valence electrons. The number of unbranched alkanes of at least 4 members (excludes halogenated alkanes) is 30. The second kappa shape index (κ2) is 36.9. The number of hydrogen-bond acceptors (Lipinski definition) is 0. The Labute approximate surface area is 277 Å². The van der Waals surface area contributed by atoms with Crippen molar-refractivity contribution >= 4 is 7.26 Å². The molecule has 0 aliphatic carbocycles. The Morgan fingerprint density at radius 3 is 0.488 bits per heavy atom. The minimum atomic E-state index is -1.12. The Hall–Kier alpha value is 0.430. The van der Waals surface area contributed by atoms with E-state index < -0.39 is 7.26 Å². The van der Waals surface area contributed by atoms with Crippen LogP contribution in [-0.4, -0.2) is 24.6 Å². The zero-order chi connectivity index (χ0) is 31.4. The topological polar surface area (TPSA) is 0 Å². The average molecular weight is 625 g/mol. The van der Waals surface area contributed by atoms with Gasteiger partial charge in [0.15, 0.2) is 0 Å². The van der Waals surface area contributed by atoms with Crippen molar-refractivity contribution < 1.29 is 0 Å². The molecule has 0 aromatic heterocycles. The molecule has 0 amide bonds. The molecule has 0 atom stereocenters. The molecule has 0 saturated heterocycles. The summed E-state index contributed by atoms with van der Waals surface area (Å²) in [6.45, 7) is 9.38. The summed E-state index contributed by atoms with van der Waals surface area (Å²) in [5, 5.41) is 0. The molecule has 0 N–H and O–H groups in total. The molecular formula is C42H89P. The molecule has 43 heavy (non-hydrogen) atoms. The van der Waals surface area contributed by atoms with E-state index in [0.717, 1.165) is 0 Å². The second-order valence-corrected chi connectivity index (χ2v) is 20.1. The van der Waals surface area contributed by atoms with Gasteiger partial charge in [-0.15, -0.1) is 0 Å². The van der Waals surface area contributed by atoms with Crippen LogP contribution in [0.5, 0.6) is 0 Å². The van der Waals surface area contributed by atoms with Crippen LogP contribution in [0.2, 0.25) is 0 Å². The fraction of sp³-hybridized carbons (Fsp3) is 1.00. The van der Waals surface area contributed by atoms with E-state index in [-0.39, 0.29) is 0 Å². The molecule has 0 bridgehead atoms. The third-order valence-corrected chi connectivity index (χ3v) is 16.4. The fourth-order valence-corrected chi connectivity index (χ4v) is 13.1. The van der Waals surface area contributed by atoms with Gasteiger partial charge >= 0.3 is 258 Å². The molecular weight excluding hydrogens is 535 g/mol. The standard InChI is InChI=1S/C42H89P/c1-5-9-13-17-21-22-23-24-25-26-30-34-38-42-43(39-35-31-27-18-14-10-6-2,40-36-32-28-19-15-11-7-3)41-37-33-29-20-16-12-8-4/h43H,5-42H2,1-4H3. The van der Waals surface area contributed by atoms with Gasteiger partial charge in [0.1, 0.15) is 0 Å². The van der Waals surface area contributed by atoms with Gasteiger partial charge in [-0.05, 0) is 0 Å². The van der Waals surface area contributed by atoms with E-state index in [1.54, 1.807) is 50.3 Å². The van der Waals surface area contributed by atoms with Crippen molar-refractivity contribution in [1.29, 1.82) is 0 Å².